The van der Waals surface area contributed by atoms with E-state index in [1.807, 2.05) is 11.1 Å². The van der Waals surface area contributed by atoms with Crippen molar-refractivity contribution in [1.29, 1.82) is 0 Å². The largest absolute Gasteiger partial charge is 0.393 e. The third kappa shape index (κ3) is 3.37. The molecule has 1 heteroatoms. The zero-order valence-corrected chi connectivity index (χ0v) is 21.0. The summed E-state index contributed by atoms with van der Waals surface area (Å²) >= 11 is 0. The number of fused-ring (bicyclic) bond motifs is 4. The van der Waals surface area contributed by atoms with Crippen molar-refractivity contribution in [3.05, 3.63) is 22.8 Å². The van der Waals surface area contributed by atoms with Crippen LogP contribution in [0.15, 0.2) is 22.8 Å². The lowest BCUT2D eigenvalue weighted by molar-refractivity contribution is -0.0931. The van der Waals surface area contributed by atoms with E-state index in [0.717, 1.165) is 24.2 Å². The molecule has 2 saturated carbocycles. The molecule has 30 heavy (non-hydrogen) atoms. The highest BCUT2D eigenvalue weighted by Gasteiger charge is 2.59. The predicted molar refractivity (Wildman–Crippen MR) is 128 cm³/mol. The summed E-state index contributed by atoms with van der Waals surface area (Å²) in [6.45, 7) is 16.9. The normalized spacial score (nSPS) is 43.5. The Morgan fingerprint density at radius 3 is 2.47 bits per heavy atom. The molecule has 0 bridgehead atoms. The minimum absolute atomic E-state index is 0.0595. The molecule has 4 rings (SSSR count). The summed E-state index contributed by atoms with van der Waals surface area (Å²) in [7, 11) is 0. The third-order valence-electron chi connectivity index (χ3n) is 10.8. The van der Waals surface area contributed by atoms with Crippen LogP contribution >= 0.6 is 0 Å². The van der Waals surface area contributed by atoms with Gasteiger partial charge in [-0.2, -0.15) is 0 Å². The first-order chi connectivity index (χ1) is 14.0. The van der Waals surface area contributed by atoms with Gasteiger partial charge in [0.15, 0.2) is 0 Å². The summed E-state index contributed by atoms with van der Waals surface area (Å²) in [5.41, 5.74) is 6.15. The van der Waals surface area contributed by atoms with E-state index in [1.54, 1.807) is 0 Å². The molecular formula is C29H48O. The van der Waals surface area contributed by atoms with E-state index in [-0.39, 0.29) is 11.5 Å². The Morgan fingerprint density at radius 1 is 1.03 bits per heavy atom. The lowest BCUT2D eigenvalue weighted by atomic mass is 9.46. The summed E-state index contributed by atoms with van der Waals surface area (Å²) < 4.78 is 0. The molecular weight excluding hydrogens is 364 g/mol. The Hall–Kier alpha value is -0.560. The van der Waals surface area contributed by atoms with Crippen molar-refractivity contribution in [2.24, 2.45) is 39.9 Å². The van der Waals surface area contributed by atoms with Crippen molar-refractivity contribution in [2.75, 3.05) is 0 Å². The maximum Gasteiger partial charge on any atom is 0.0594 e. The molecule has 2 fully saturated rings. The van der Waals surface area contributed by atoms with Crippen LogP contribution in [0.5, 0.6) is 0 Å². The van der Waals surface area contributed by atoms with Crippen molar-refractivity contribution in [1.82, 2.24) is 0 Å². The molecule has 0 aliphatic heterocycles. The van der Waals surface area contributed by atoms with Gasteiger partial charge in [0, 0.05) is 0 Å². The highest BCUT2D eigenvalue weighted by molar-refractivity contribution is 5.35. The molecule has 170 valence electrons. The van der Waals surface area contributed by atoms with Crippen LogP contribution in [-0.4, -0.2) is 11.2 Å². The fraction of sp³-hybridized carbons (Fsp3) is 0.862. The van der Waals surface area contributed by atoms with Gasteiger partial charge >= 0.3 is 0 Å². The first-order valence-corrected chi connectivity index (χ1v) is 13.1. The molecule has 7 atom stereocenters. The van der Waals surface area contributed by atoms with Crippen molar-refractivity contribution >= 4 is 0 Å². The van der Waals surface area contributed by atoms with Crippen molar-refractivity contribution in [3.63, 3.8) is 0 Å². The van der Waals surface area contributed by atoms with Gasteiger partial charge in [0.25, 0.3) is 0 Å². The highest BCUT2D eigenvalue weighted by atomic mass is 16.3. The van der Waals surface area contributed by atoms with Crippen molar-refractivity contribution < 1.29 is 5.11 Å². The molecule has 0 amide bonds. The topological polar surface area (TPSA) is 20.2 Å². The average Bonchev–Trinajstić information content (AvgIpc) is 3.02. The first-order valence-electron chi connectivity index (χ1n) is 13.1. The van der Waals surface area contributed by atoms with Crippen LogP contribution in [0, 0.1) is 39.9 Å². The van der Waals surface area contributed by atoms with E-state index in [9.17, 15) is 5.11 Å². The van der Waals surface area contributed by atoms with Crippen LogP contribution in [-0.2, 0) is 0 Å². The van der Waals surface area contributed by atoms with Gasteiger partial charge in [-0.25, -0.2) is 0 Å². The molecule has 2 unspecified atom stereocenters. The smallest absolute Gasteiger partial charge is 0.0594 e. The summed E-state index contributed by atoms with van der Waals surface area (Å²) in [5, 5.41) is 10.8. The number of hydrogen-bond acceptors (Lipinski definition) is 1. The fourth-order valence-corrected chi connectivity index (χ4v) is 9.10. The summed E-state index contributed by atoms with van der Waals surface area (Å²) in [6, 6.07) is 0. The number of allylic oxidation sites excluding steroid dienone is 4. The predicted octanol–water partition coefficient (Wildman–Crippen LogP) is 8.09. The van der Waals surface area contributed by atoms with E-state index < -0.39 is 0 Å². The maximum atomic E-state index is 10.8. The van der Waals surface area contributed by atoms with Crippen LogP contribution in [0.25, 0.3) is 0 Å². The lowest BCUT2D eigenvalue weighted by Gasteiger charge is -2.60. The second-order valence-corrected chi connectivity index (χ2v) is 13.0. The first kappa shape index (κ1) is 22.6. The van der Waals surface area contributed by atoms with Gasteiger partial charge in [0.2, 0.25) is 0 Å². The number of aliphatic hydroxyl groups is 1. The Bertz CT molecular complexity index is 723. The van der Waals surface area contributed by atoms with Gasteiger partial charge in [-0.1, -0.05) is 57.4 Å². The van der Waals surface area contributed by atoms with Gasteiger partial charge in [-0.15, -0.1) is 0 Å². The molecule has 0 aromatic carbocycles. The van der Waals surface area contributed by atoms with Crippen LogP contribution in [0.2, 0.25) is 0 Å². The molecule has 0 aromatic heterocycles. The Kier molecular flexibility index (Phi) is 5.87. The third-order valence-corrected chi connectivity index (χ3v) is 10.8. The molecule has 0 heterocycles. The van der Waals surface area contributed by atoms with Crippen LogP contribution < -0.4 is 0 Å². The van der Waals surface area contributed by atoms with E-state index in [2.05, 4.69) is 54.5 Å². The number of rotatable bonds is 4. The molecule has 1 N–H and O–H groups in total. The average molecular weight is 413 g/mol. The summed E-state index contributed by atoms with van der Waals surface area (Å²) in [6.07, 6.45) is 15.3. The molecule has 0 aromatic rings. The fourth-order valence-electron chi connectivity index (χ4n) is 9.10. The van der Waals surface area contributed by atoms with Crippen LogP contribution in [0.3, 0.4) is 0 Å². The summed E-state index contributed by atoms with van der Waals surface area (Å²) in [4.78, 5) is 0. The number of aliphatic hydroxyl groups excluding tert-OH is 1. The Balaban J connectivity index is 1.59. The molecule has 0 spiro atoms. The van der Waals surface area contributed by atoms with Gasteiger partial charge in [-0.3, -0.25) is 0 Å². The molecule has 1 nitrogen and oxygen atoms in total. The van der Waals surface area contributed by atoms with Crippen molar-refractivity contribution in [3.8, 4) is 0 Å². The van der Waals surface area contributed by atoms with E-state index in [1.165, 1.54) is 63.4 Å². The molecule has 4 aliphatic rings. The monoisotopic (exact) mass is 412 g/mol. The minimum Gasteiger partial charge on any atom is -0.393 e. The van der Waals surface area contributed by atoms with Gasteiger partial charge < -0.3 is 5.11 Å². The SMILES string of the molecule is CC(C)=CCCC(C)[C@H]1CCC2C3=C(CC[C@@]21C)[C@@]1(C)CC[C@H](O)C(C)(C)[C@@H]1CC3. The summed E-state index contributed by atoms with van der Waals surface area (Å²) in [5.74, 6) is 3.23. The van der Waals surface area contributed by atoms with E-state index in [0.29, 0.717) is 16.7 Å². The standard InChI is InChI=1S/C29H48O/c1-19(2)9-8-10-20(3)22-12-13-23-21-11-14-25-27(4,5)26(30)16-18-29(25,7)24(21)15-17-28(22,23)6/h9,20,22-23,25-26,30H,8,10-18H2,1-7H3/t20?,22-,23?,25+,26+,28-,29-/m1/s1. The maximum absolute atomic E-state index is 10.8. The molecule has 0 radical (unpaired) electrons. The number of hydrogen-bond donors (Lipinski definition) is 1. The second-order valence-electron chi connectivity index (χ2n) is 13.0. The quantitative estimate of drug-likeness (QED) is 0.462. The molecule has 0 saturated heterocycles. The van der Waals surface area contributed by atoms with Crippen LogP contribution in [0.4, 0.5) is 0 Å². The van der Waals surface area contributed by atoms with Crippen LogP contribution in [0.1, 0.15) is 113 Å². The lowest BCUT2D eigenvalue weighted by Crippen LogP contribution is -2.53. The van der Waals surface area contributed by atoms with Crippen molar-refractivity contribution in [2.45, 2.75) is 119 Å². The minimum atomic E-state index is -0.121. The molecule has 4 aliphatic carbocycles. The van der Waals surface area contributed by atoms with Gasteiger partial charge in [0.05, 0.1) is 6.10 Å². The second kappa shape index (κ2) is 7.79. The van der Waals surface area contributed by atoms with E-state index in [4.69, 9.17) is 0 Å². The Morgan fingerprint density at radius 2 is 1.77 bits per heavy atom. The van der Waals surface area contributed by atoms with E-state index >= 15 is 0 Å². The highest BCUT2D eigenvalue weighted by Crippen LogP contribution is 2.68. The Labute approximate surface area is 186 Å². The zero-order valence-electron chi connectivity index (χ0n) is 21.0. The van der Waals surface area contributed by atoms with Gasteiger partial charge in [-0.05, 0) is 118 Å². The zero-order chi connectivity index (χ0) is 21.9. The van der Waals surface area contributed by atoms with Gasteiger partial charge in [0.1, 0.15) is 0 Å².